The summed E-state index contributed by atoms with van der Waals surface area (Å²) in [4.78, 5) is 11.5. The van der Waals surface area contributed by atoms with Gasteiger partial charge < -0.3 is 10.2 Å². The molecule has 3 nitrogen and oxygen atoms in total. The van der Waals surface area contributed by atoms with E-state index in [1.165, 1.54) is 5.56 Å². The van der Waals surface area contributed by atoms with Gasteiger partial charge in [-0.15, -0.1) is 0 Å². The highest BCUT2D eigenvalue weighted by molar-refractivity contribution is 5.71. The second-order valence-corrected chi connectivity index (χ2v) is 6.37. The largest absolute Gasteiger partial charge is 0.481 e. The lowest BCUT2D eigenvalue weighted by Crippen LogP contribution is -2.24. The molecule has 0 amide bonds. The first-order chi connectivity index (χ1) is 9.97. The van der Waals surface area contributed by atoms with Crippen LogP contribution >= 0.6 is 0 Å². The number of aliphatic hydroxyl groups is 1. The molecule has 1 aromatic carbocycles. The van der Waals surface area contributed by atoms with Gasteiger partial charge in [0.05, 0.1) is 12.0 Å². The number of rotatable bonds is 5. The van der Waals surface area contributed by atoms with Crippen LogP contribution in [0.25, 0.3) is 0 Å². The highest BCUT2D eigenvalue weighted by Gasteiger charge is 2.41. The highest BCUT2D eigenvalue weighted by atomic mass is 16.4. The first kappa shape index (κ1) is 16.0. The second kappa shape index (κ2) is 6.61. The summed E-state index contributed by atoms with van der Waals surface area (Å²) < 4.78 is 0. The van der Waals surface area contributed by atoms with Gasteiger partial charge in [0.15, 0.2) is 0 Å². The normalized spacial score (nSPS) is 26.8. The molecule has 0 aliphatic heterocycles. The fourth-order valence-electron chi connectivity index (χ4n) is 3.66. The number of aliphatic carboxylic acids is 1. The van der Waals surface area contributed by atoms with Gasteiger partial charge in [0, 0.05) is 5.92 Å². The molecule has 2 rings (SSSR count). The number of aliphatic hydroxyl groups excluding tert-OH is 1. The van der Waals surface area contributed by atoms with Crippen molar-refractivity contribution in [3.8, 4) is 0 Å². The van der Waals surface area contributed by atoms with E-state index < -0.39 is 18.0 Å². The fourth-order valence-corrected chi connectivity index (χ4v) is 3.66. The van der Waals surface area contributed by atoms with E-state index in [4.69, 9.17) is 0 Å². The Morgan fingerprint density at radius 3 is 2.57 bits per heavy atom. The molecule has 0 heterocycles. The lowest BCUT2D eigenvalue weighted by atomic mass is 9.84. The number of carboxylic acid groups (broad SMARTS) is 1. The van der Waals surface area contributed by atoms with E-state index in [0.717, 1.165) is 30.4 Å². The van der Waals surface area contributed by atoms with Crippen LogP contribution in [0.2, 0.25) is 0 Å². The number of carboxylic acids is 1. The SMILES string of the molecule is CCc1ccc(CC)c(C(O)C2CC(C)CC2C(=O)O)c1. The van der Waals surface area contributed by atoms with Crippen molar-refractivity contribution >= 4 is 5.97 Å². The van der Waals surface area contributed by atoms with E-state index in [9.17, 15) is 15.0 Å². The molecule has 4 unspecified atom stereocenters. The van der Waals surface area contributed by atoms with Gasteiger partial charge in [0.2, 0.25) is 0 Å². The van der Waals surface area contributed by atoms with Crippen LogP contribution in [0.1, 0.15) is 56.4 Å². The number of hydrogen-bond donors (Lipinski definition) is 2. The molecule has 1 fully saturated rings. The fraction of sp³-hybridized carbons (Fsp3) is 0.611. The first-order valence-corrected chi connectivity index (χ1v) is 8.00. The van der Waals surface area contributed by atoms with Crippen molar-refractivity contribution in [2.75, 3.05) is 0 Å². The van der Waals surface area contributed by atoms with E-state index in [1.54, 1.807) is 0 Å². The molecule has 0 saturated heterocycles. The van der Waals surface area contributed by atoms with Crippen LogP contribution < -0.4 is 0 Å². The van der Waals surface area contributed by atoms with Gasteiger partial charge in [-0.25, -0.2) is 0 Å². The van der Waals surface area contributed by atoms with Crippen LogP contribution in [0.5, 0.6) is 0 Å². The molecule has 1 saturated carbocycles. The van der Waals surface area contributed by atoms with Crippen molar-refractivity contribution < 1.29 is 15.0 Å². The Bertz CT molecular complexity index is 509. The van der Waals surface area contributed by atoms with Crippen molar-refractivity contribution in [2.24, 2.45) is 17.8 Å². The van der Waals surface area contributed by atoms with Crippen LogP contribution in [0.4, 0.5) is 0 Å². The summed E-state index contributed by atoms with van der Waals surface area (Å²) in [6.07, 6.45) is 2.57. The van der Waals surface area contributed by atoms with Crippen molar-refractivity contribution in [1.82, 2.24) is 0 Å². The summed E-state index contributed by atoms with van der Waals surface area (Å²) in [6.45, 7) is 6.24. The minimum atomic E-state index is -0.770. The molecule has 21 heavy (non-hydrogen) atoms. The Kier molecular flexibility index (Phi) is 5.04. The molecular weight excluding hydrogens is 264 g/mol. The predicted octanol–water partition coefficient (Wildman–Crippen LogP) is 3.59. The van der Waals surface area contributed by atoms with Crippen molar-refractivity contribution in [3.05, 3.63) is 34.9 Å². The average molecular weight is 290 g/mol. The van der Waals surface area contributed by atoms with Crippen molar-refractivity contribution in [2.45, 2.75) is 52.6 Å². The Balaban J connectivity index is 2.34. The molecule has 1 aromatic rings. The van der Waals surface area contributed by atoms with Crippen LogP contribution in [0.15, 0.2) is 18.2 Å². The van der Waals surface area contributed by atoms with Gasteiger partial charge in [0.1, 0.15) is 0 Å². The predicted molar refractivity (Wildman–Crippen MR) is 83.2 cm³/mol. The Morgan fingerprint density at radius 2 is 2.00 bits per heavy atom. The number of benzene rings is 1. The number of aryl methyl sites for hydroxylation is 2. The Labute approximate surface area is 127 Å². The summed E-state index contributed by atoms with van der Waals surface area (Å²) >= 11 is 0. The molecule has 0 aromatic heterocycles. The van der Waals surface area contributed by atoms with E-state index in [-0.39, 0.29) is 5.92 Å². The molecule has 2 N–H and O–H groups in total. The van der Waals surface area contributed by atoms with Crippen LogP contribution in [0.3, 0.4) is 0 Å². The average Bonchev–Trinajstić information content (AvgIpc) is 2.88. The van der Waals surface area contributed by atoms with E-state index in [1.807, 2.05) is 0 Å². The van der Waals surface area contributed by atoms with E-state index in [0.29, 0.717) is 12.3 Å². The first-order valence-electron chi connectivity index (χ1n) is 8.00. The minimum absolute atomic E-state index is 0.171. The van der Waals surface area contributed by atoms with Gasteiger partial charge in [-0.3, -0.25) is 4.79 Å². The summed E-state index contributed by atoms with van der Waals surface area (Å²) in [7, 11) is 0. The molecule has 3 heteroatoms. The van der Waals surface area contributed by atoms with Crippen LogP contribution in [-0.2, 0) is 17.6 Å². The minimum Gasteiger partial charge on any atom is -0.481 e. The smallest absolute Gasteiger partial charge is 0.306 e. The monoisotopic (exact) mass is 290 g/mol. The molecule has 1 aliphatic rings. The quantitative estimate of drug-likeness (QED) is 0.871. The molecule has 0 bridgehead atoms. The molecular formula is C18H26O3. The topological polar surface area (TPSA) is 57.5 Å². The van der Waals surface area contributed by atoms with E-state index >= 15 is 0 Å². The maximum absolute atomic E-state index is 11.5. The molecule has 0 spiro atoms. The standard InChI is InChI=1S/C18H26O3/c1-4-12-6-7-13(5-2)14(10-12)17(19)15-8-11(3)9-16(15)18(20)21/h6-7,10-11,15-17,19H,4-5,8-9H2,1-3H3,(H,20,21). The van der Waals surface area contributed by atoms with Crippen molar-refractivity contribution in [3.63, 3.8) is 0 Å². The van der Waals surface area contributed by atoms with Gasteiger partial charge >= 0.3 is 5.97 Å². The molecule has 4 atom stereocenters. The summed E-state index contributed by atoms with van der Waals surface area (Å²) in [5, 5.41) is 20.2. The molecule has 1 aliphatic carbocycles. The lowest BCUT2D eigenvalue weighted by molar-refractivity contribution is -0.144. The lowest BCUT2D eigenvalue weighted by Gasteiger charge is -2.25. The third-order valence-electron chi connectivity index (χ3n) is 4.89. The number of hydrogen-bond acceptors (Lipinski definition) is 2. The third kappa shape index (κ3) is 3.29. The van der Waals surface area contributed by atoms with Crippen molar-refractivity contribution in [1.29, 1.82) is 0 Å². The Hall–Kier alpha value is -1.35. The maximum Gasteiger partial charge on any atom is 0.306 e. The van der Waals surface area contributed by atoms with Crippen LogP contribution in [0, 0.1) is 17.8 Å². The van der Waals surface area contributed by atoms with Crippen LogP contribution in [-0.4, -0.2) is 16.2 Å². The summed E-state index contributed by atoms with van der Waals surface area (Å²) in [6, 6.07) is 6.23. The molecule has 0 radical (unpaired) electrons. The zero-order valence-electron chi connectivity index (χ0n) is 13.2. The zero-order chi connectivity index (χ0) is 15.6. The summed E-state index contributed by atoms with van der Waals surface area (Å²) in [5.41, 5.74) is 3.25. The van der Waals surface area contributed by atoms with Gasteiger partial charge in [-0.05, 0) is 48.3 Å². The highest BCUT2D eigenvalue weighted by Crippen LogP contribution is 2.44. The Morgan fingerprint density at radius 1 is 1.29 bits per heavy atom. The van der Waals surface area contributed by atoms with E-state index in [2.05, 4.69) is 39.0 Å². The third-order valence-corrected chi connectivity index (χ3v) is 4.89. The summed E-state index contributed by atoms with van der Waals surface area (Å²) in [5.74, 6) is -1.00. The molecule has 116 valence electrons. The van der Waals surface area contributed by atoms with Gasteiger partial charge in [0.25, 0.3) is 0 Å². The van der Waals surface area contributed by atoms with Gasteiger partial charge in [-0.1, -0.05) is 39.0 Å². The van der Waals surface area contributed by atoms with Gasteiger partial charge in [-0.2, -0.15) is 0 Å². The second-order valence-electron chi connectivity index (χ2n) is 6.37. The maximum atomic E-state index is 11.5. The number of carbonyl (C=O) groups is 1. The zero-order valence-corrected chi connectivity index (χ0v) is 13.2.